The highest BCUT2D eigenvalue weighted by atomic mass is 32.2. The van der Waals surface area contributed by atoms with Crippen molar-refractivity contribution in [1.82, 2.24) is 5.32 Å². The third kappa shape index (κ3) is 4.71. The molecule has 0 unspecified atom stereocenters. The third-order valence-electron chi connectivity index (χ3n) is 6.42. The molecule has 3 atom stereocenters. The Morgan fingerprint density at radius 2 is 1.77 bits per heavy atom. The highest BCUT2D eigenvalue weighted by molar-refractivity contribution is 7.92. The first-order valence-corrected chi connectivity index (χ1v) is 12.4. The maximum absolute atomic E-state index is 13.5. The minimum Gasteiger partial charge on any atom is -0.494 e. The molecule has 7 heteroatoms. The summed E-state index contributed by atoms with van der Waals surface area (Å²) < 4.78 is 33.6. The van der Waals surface area contributed by atoms with Gasteiger partial charge in [-0.15, -0.1) is 0 Å². The number of carbonyl (C=O) groups is 1. The van der Waals surface area contributed by atoms with Gasteiger partial charge < -0.3 is 10.1 Å². The van der Waals surface area contributed by atoms with Gasteiger partial charge in [-0.1, -0.05) is 24.1 Å². The zero-order valence-corrected chi connectivity index (χ0v) is 18.9. The lowest BCUT2D eigenvalue weighted by Crippen LogP contribution is -2.46. The number of hydrogen-bond donors (Lipinski definition) is 1. The Kier molecular flexibility index (Phi) is 6.23. The van der Waals surface area contributed by atoms with Crippen LogP contribution >= 0.6 is 0 Å². The van der Waals surface area contributed by atoms with Gasteiger partial charge in [0.05, 0.1) is 17.2 Å². The van der Waals surface area contributed by atoms with E-state index >= 15 is 0 Å². The van der Waals surface area contributed by atoms with E-state index in [0.717, 1.165) is 18.4 Å². The second-order valence-corrected chi connectivity index (χ2v) is 10.5. The molecule has 31 heavy (non-hydrogen) atoms. The highest BCUT2D eigenvalue weighted by Crippen LogP contribution is 2.44. The molecular formula is C24H30N2O4S. The van der Waals surface area contributed by atoms with E-state index < -0.39 is 10.0 Å². The quantitative estimate of drug-likeness (QED) is 0.673. The fourth-order valence-electron chi connectivity index (χ4n) is 4.83. The number of nitrogens with one attached hydrogen (secondary N) is 1. The molecule has 2 aliphatic rings. The van der Waals surface area contributed by atoms with Crippen molar-refractivity contribution in [2.45, 2.75) is 50.5 Å². The first kappa shape index (κ1) is 21.7. The van der Waals surface area contributed by atoms with Gasteiger partial charge in [0.15, 0.2) is 0 Å². The average molecular weight is 443 g/mol. The van der Waals surface area contributed by atoms with Crippen LogP contribution < -0.4 is 14.4 Å². The predicted molar refractivity (Wildman–Crippen MR) is 121 cm³/mol. The molecular weight excluding hydrogens is 412 g/mol. The molecule has 0 saturated heterocycles. The third-order valence-corrected chi connectivity index (χ3v) is 8.20. The van der Waals surface area contributed by atoms with E-state index in [9.17, 15) is 13.2 Å². The lowest BCUT2D eigenvalue weighted by Gasteiger charge is -2.27. The van der Waals surface area contributed by atoms with Gasteiger partial charge in [0.1, 0.15) is 12.3 Å². The topological polar surface area (TPSA) is 75.7 Å². The fourth-order valence-corrected chi connectivity index (χ4v) is 6.25. The number of fused-ring (bicyclic) bond motifs is 2. The Labute approximate surface area is 184 Å². The molecule has 0 spiro atoms. The molecule has 166 valence electrons. The molecule has 0 radical (unpaired) electrons. The molecule has 0 heterocycles. The summed E-state index contributed by atoms with van der Waals surface area (Å²) in [5.41, 5.74) is 1.50. The number of hydrogen-bond acceptors (Lipinski definition) is 4. The molecule has 2 aliphatic carbocycles. The maximum Gasteiger partial charge on any atom is 0.264 e. The number of aryl methyl sites for hydroxylation is 1. The lowest BCUT2D eigenvalue weighted by molar-refractivity contribution is -0.120. The summed E-state index contributed by atoms with van der Waals surface area (Å²) in [5, 5.41) is 3.11. The van der Waals surface area contributed by atoms with Crippen molar-refractivity contribution < 1.29 is 17.9 Å². The Morgan fingerprint density at radius 1 is 1.06 bits per heavy atom. The van der Waals surface area contributed by atoms with Crippen molar-refractivity contribution in [3.63, 3.8) is 0 Å². The number of ether oxygens (including phenoxy) is 1. The average Bonchev–Trinajstić information content (AvgIpc) is 3.37. The molecule has 0 aromatic heterocycles. The molecule has 0 aliphatic heterocycles. The second kappa shape index (κ2) is 8.91. The zero-order valence-electron chi connectivity index (χ0n) is 18.1. The normalized spacial score (nSPS) is 22.3. The van der Waals surface area contributed by atoms with Crippen LogP contribution in [0.2, 0.25) is 0 Å². The van der Waals surface area contributed by atoms with Crippen LogP contribution in [-0.2, 0) is 14.8 Å². The Morgan fingerprint density at radius 3 is 2.35 bits per heavy atom. The zero-order chi connectivity index (χ0) is 22.0. The SMILES string of the molecule is CCOc1ccc(S(=O)(=O)N(CC(=O)N[C@@H]2C[C@@H]3CC[C@@H]2C3)c2ccc(C)cc2)cc1. The molecule has 1 N–H and O–H groups in total. The Balaban J connectivity index is 1.57. The van der Waals surface area contributed by atoms with Crippen LogP contribution in [0.1, 0.15) is 38.2 Å². The number of sulfonamides is 1. The van der Waals surface area contributed by atoms with Crippen LogP contribution in [0.4, 0.5) is 5.69 Å². The number of amides is 1. The molecule has 6 nitrogen and oxygen atoms in total. The summed E-state index contributed by atoms with van der Waals surface area (Å²) in [6, 6.07) is 13.7. The number of nitrogens with zero attached hydrogens (tertiary/aromatic N) is 1. The summed E-state index contributed by atoms with van der Waals surface area (Å²) in [5.74, 6) is 1.59. The highest BCUT2D eigenvalue weighted by Gasteiger charge is 2.40. The maximum atomic E-state index is 13.5. The largest absolute Gasteiger partial charge is 0.494 e. The van der Waals surface area contributed by atoms with Crippen LogP contribution in [-0.4, -0.2) is 33.5 Å². The van der Waals surface area contributed by atoms with Gasteiger partial charge in [-0.2, -0.15) is 0 Å². The smallest absolute Gasteiger partial charge is 0.264 e. The molecule has 2 fully saturated rings. The van der Waals surface area contributed by atoms with Crippen LogP contribution in [0.3, 0.4) is 0 Å². The molecule has 2 aromatic rings. The van der Waals surface area contributed by atoms with E-state index in [1.54, 1.807) is 24.3 Å². The van der Waals surface area contributed by atoms with E-state index in [0.29, 0.717) is 29.9 Å². The summed E-state index contributed by atoms with van der Waals surface area (Å²) >= 11 is 0. The summed E-state index contributed by atoms with van der Waals surface area (Å²) in [7, 11) is -3.92. The van der Waals surface area contributed by atoms with Crippen LogP contribution in [0.25, 0.3) is 0 Å². The van der Waals surface area contributed by atoms with Crippen molar-refractivity contribution in [1.29, 1.82) is 0 Å². The fraction of sp³-hybridized carbons (Fsp3) is 0.458. The molecule has 2 aromatic carbocycles. The predicted octanol–water partition coefficient (Wildman–Crippen LogP) is 3.89. The van der Waals surface area contributed by atoms with Crippen molar-refractivity contribution in [3.8, 4) is 5.75 Å². The molecule has 2 saturated carbocycles. The van der Waals surface area contributed by atoms with Crippen molar-refractivity contribution >= 4 is 21.6 Å². The minimum absolute atomic E-state index is 0.129. The van der Waals surface area contributed by atoms with Gasteiger partial charge in [-0.3, -0.25) is 9.10 Å². The summed E-state index contributed by atoms with van der Waals surface area (Å²) in [4.78, 5) is 13.0. The summed E-state index contributed by atoms with van der Waals surface area (Å²) in [6.45, 7) is 4.08. The van der Waals surface area contributed by atoms with Crippen LogP contribution in [0.5, 0.6) is 5.75 Å². The van der Waals surface area contributed by atoms with Gasteiger partial charge in [-0.05, 0) is 81.3 Å². The van der Waals surface area contributed by atoms with Gasteiger partial charge in [0, 0.05) is 6.04 Å². The number of benzene rings is 2. The Bertz CT molecular complexity index is 1020. The second-order valence-electron chi connectivity index (χ2n) is 8.60. The van der Waals surface area contributed by atoms with Crippen LogP contribution in [0, 0.1) is 18.8 Å². The molecule has 1 amide bonds. The first-order chi connectivity index (χ1) is 14.9. The lowest BCUT2D eigenvalue weighted by atomic mass is 9.95. The minimum atomic E-state index is -3.92. The summed E-state index contributed by atoms with van der Waals surface area (Å²) in [6.07, 6.45) is 4.59. The van der Waals surface area contributed by atoms with Crippen molar-refractivity contribution in [2.75, 3.05) is 17.5 Å². The Hall–Kier alpha value is -2.54. The van der Waals surface area contributed by atoms with E-state index in [-0.39, 0.29) is 23.4 Å². The number of anilines is 1. The van der Waals surface area contributed by atoms with Crippen molar-refractivity contribution in [3.05, 3.63) is 54.1 Å². The monoisotopic (exact) mass is 442 g/mol. The van der Waals surface area contributed by atoms with E-state index in [4.69, 9.17) is 4.74 Å². The van der Waals surface area contributed by atoms with E-state index in [1.165, 1.54) is 29.3 Å². The van der Waals surface area contributed by atoms with Crippen molar-refractivity contribution in [2.24, 2.45) is 11.8 Å². The standard InChI is InChI=1S/C24H30N2O4S/c1-3-30-21-10-12-22(13-11-21)31(28,29)26(20-8-4-17(2)5-9-20)16-24(27)25-23-15-18-6-7-19(23)14-18/h4-5,8-13,18-19,23H,3,6-7,14-16H2,1-2H3,(H,25,27)/t18-,19-,23-/m1/s1. The van der Waals surface area contributed by atoms with Gasteiger partial charge >= 0.3 is 0 Å². The first-order valence-electron chi connectivity index (χ1n) is 11.0. The van der Waals surface area contributed by atoms with Crippen LogP contribution in [0.15, 0.2) is 53.4 Å². The van der Waals surface area contributed by atoms with Gasteiger partial charge in [-0.25, -0.2) is 8.42 Å². The van der Waals surface area contributed by atoms with E-state index in [1.807, 2.05) is 26.0 Å². The van der Waals surface area contributed by atoms with E-state index in [2.05, 4.69) is 5.32 Å². The number of rotatable bonds is 8. The van der Waals surface area contributed by atoms with Gasteiger partial charge in [0.25, 0.3) is 10.0 Å². The molecule has 4 rings (SSSR count). The number of carbonyl (C=O) groups excluding carboxylic acids is 1. The molecule has 2 bridgehead atoms. The van der Waals surface area contributed by atoms with Gasteiger partial charge in [0.2, 0.25) is 5.91 Å².